The molecule has 0 aliphatic carbocycles. The van der Waals surface area contributed by atoms with Crippen LogP contribution in [0.3, 0.4) is 0 Å². The van der Waals surface area contributed by atoms with Gasteiger partial charge in [-0.2, -0.15) is 5.26 Å². The second-order valence-electron chi connectivity index (χ2n) is 7.35. The van der Waals surface area contributed by atoms with Crippen molar-refractivity contribution in [3.63, 3.8) is 0 Å². The molecule has 2 atom stereocenters. The van der Waals surface area contributed by atoms with E-state index in [0.717, 1.165) is 16.3 Å². The van der Waals surface area contributed by atoms with Gasteiger partial charge in [-0.15, -0.1) is 0 Å². The van der Waals surface area contributed by atoms with Gasteiger partial charge in [0, 0.05) is 13.0 Å². The number of ether oxygens (including phenoxy) is 1. The minimum atomic E-state index is -3.78. The van der Waals surface area contributed by atoms with Crippen LogP contribution in [-0.4, -0.2) is 25.9 Å². The predicted octanol–water partition coefficient (Wildman–Crippen LogP) is 3.80. The number of nitrogens with zero attached hydrogens (tertiary/aromatic N) is 1. The number of rotatable bonds is 6. The maximum absolute atomic E-state index is 13.5. The molecule has 6 heteroatoms. The van der Waals surface area contributed by atoms with Crippen molar-refractivity contribution in [1.82, 2.24) is 5.32 Å². The predicted molar refractivity (Wildman–Crippen MR) is 112 cm³/mol. The summed E-state index contributed by atoms with van der Waals surface area (Å²) in [6, 6.07) is 24.6. The van der Waals surface area contributed by atoms with Crippen LogP contribution in [0.1, 0.15) is 18.4 Å². The summed E-state index contributed by atoms with van der Waals surface area (Å²) >= 11 is 0. The van der Waals surface area contributed by atoms with Gasteiger partial charge in [0.2, 0.25) is 0 Å². The smallest absolute Gasteiger partial charge is 0.198 e. The van der Waals surface area contributed by atoms with Gasteiger partial charge in [0.25, 0.3) is 0 Å². The molecule has 1 saturated heterocycles. The molecule has 1 heterocycles. The number of nitriles is 1. The van der Waals surface area contributed by atoms with Crippen LogP contribution in [0.2, 0.25) is 0 Å². The number of sulfone groups is 1. The summed E-state index contributed by atoms with van der Waals surface area (Å²) in [5.74, 6) is 0. The van der Waals surface area contributed by atoms with Crippen molar-refractivity contribution >= 4 is 20.6 Å². The first-order valence-corrected chi connectivity index (χ1v) is 11.0. The van der Waals surface area contributed by atoms with Gasteiger partial charge >= 0.3 is 0 Å². The van der Waals surface area contributed by atoms with Crippen LogP contribution in [0.4, 0.5) is 0 Å². The number of benzene rings is 3. The van der Waals surface area contributed by atoms with Crippen molar-refractivity contribution < 1.29 is 13.2 Å². The van der Waals surface area contributed by atoms with Crippen LogP contribution in [0, 0.1) is 11.3 Å². The Kier molecular flexibility index (Phi) is 5.37. The average molecular weight is 407 g/mol. The van der Waals surface area contributed by atoms with Gasteiger partial charge in [0.05, 0.1) is 30.1 Å². The van der Waals surface area contributed by atoms with Crippen LogP contribution in [0.15, 0.2) is 77.7 Å². The first kappa shape index (κ1) is 19.6. The van der Waals surface area contributed by atoms with E-state index >= 15 is 0 Å². The Morgan fingerprint density at radius 3 is 2.52 bits per heavy atom. The Morgan fingerprint density at radius 2 is 1.76 bits per heavy atom. The third-order valence-corrected chi connectivity index (χ3v) is 7.81. The second kappa shape index (κ2) is 7.96. The number of nitrogens with one attached hydrogen (secondary N) is 1. The fraction of sp³-hybridized carbons (Fsp3) is 0.261. The third kappa shape index (κ3) is 3.77. The summed E-state index contributed by atoms with van der Waals surface area (Å²) in [6.07, 6.45) is -0.172. The van der Waals surface area contributed by atoms with E-state index in [2.05, 4.69) is 11.4 Å². The lowest BCUT2D eigenvalue weighted by Gasteiger charge is -2.27. The Morgan fingerprint density at radius 1 is 1.03 bits per heavy atom. The van der Waals surface area contributed by atoms with Crippen LogP contribution in [0.5, 0.6) is 0 Å². The minimum absolute atomic E-state index is 0.132. The van der Waals surface area contributed by atoms with Gasteiger partial charge in [-0.05, 0) is 28.5 Å². The zero-order valence-corrected chi connectivity index (χ0v) is 16.7. The average Bonchev–Trinajstić information content (AvgIpc) is 3.18. The molecule has 0 amide bonds. The third-order valence-electron chi connectivity index (χ3n) is 5.45. The highest BCUT2D eigenvalue weighted by atomic mass is 32.2. The van der Waals surface area contributed by atoms with Crippen LogP contribution >= 0.6 is 0 Å². The summed E-state index contributed by atoms with van der Waals surface area (Å²) in [6.45, 7) is 0.799. The van der Waals surface area contributed by atoms with Crippen molar-refractivity contribution in [2.45, 2.75) is 35.3 Å². The summed E-state index contributed by atoms with van der Waals surface area (Å²) in [7, 11) is -3.78. The molecule has 4 rings (SSSR count). The van der Waals surface area contributed by atoms with Crippen molar-refractivity contribution in [3.05, 3.63) is 78.4 Å². The topological polar surface area (TPSA) is 79.2 Å². The zero-order valence-electron chi connectivity index (χ0n) is 15.9. The number of fused-ring (bicyclic) bond motifs is 1. The highest BCUT2D eigenvalue weighted by Gasteiger charge is 2.50. The van der Waals surface area contributed by atoms with Crippen molar-refractivity contribution in [2.75, 3.05) is 6.54 Å². The summed E-state index contributed by atoms with van der Waals surface area (Å²) in [4.78, 5) is -1.12. The van der Waals surface area contributed by atoms with Crippen LogP contribution < -0.4 is 5.32 Å². The number of hydrogen-bond acceptors (Lipinski definition) is 5. The molecule has 5 nitrogen and oxygen atoms in total. The molecule has 1 aliphatic rings. The van der Waals surface area contributed by atoms with E-state index < -0.39 is 14.7 Å². The summed E-state index contributed by atoms with van der Waals surface area (Å²) in [5.41, 5.74) is 1.03. The van der Waals surface area contributed by atoms with Gasteiger partial charge in [-0.25, -0.2) is 8.42 Å². The van der Waals surface area contributed by atoms with E-state index in [4.69, 9.17) is 4.74 Å². The molecule has 0 bridgehead atoms. The maximum atomic E-state index is 13.5. The quantitative estimate of drug-likeness (QED) is 0.674. The van der Waals surface area contributed by atoms with Gasteiger partial charge in [-0.3, -0.25) is 5.32 Å². The second-order valence-corrected chi connectivity index (χ2v) is 9.60. The van der Waals surface area contributed by atoms with Crippen molar-refractivity contribution in [1.29, 1.82) is 5.26 Å². The zero-order chi connectivity index (χ0) is 20.3. The number of hydrogen-bond donors (Lipinski definition) is 1. The van der Waals surface area contributed by atoms with E-state index in [1.807, 2.05) is 54.6 Å². The fourth-order valence-corrected chi connectivity index (χ4v) is 5.75. The molecule has 0 saturated carbocycles. The van der Waals surface area contributed by atoms with Gasteiger partial charge in [0.1, 0.15) is 4.87 Å². The van der Waals surface area contributed by atoms with Gasteiger partial charge in [-0.1, -0.05) is 60.7 Å². The first-order chi connectivity index (χ1) is 14.0. The Labute approximate surface area is 170 Å². The van der Waals surface area contributed by atoms with Gasteiger partial charge < -0.3 is 4.74 Å². The molecule has 1 aliphatic heterocycles. The first-order valence-electron chi connectivity index (χ1n) is 9.55. The van der Waals surface area contributed by atoms with E-state index in [1.165, 1.54) is 0 Å². The highest BCUT2D eigenvalue weighted by molar-refractivity contribution is 7.92. The Hall–Kier alpha value is -2.72. The fourth-order valence-electron chi connectivity index (χ4n) is 3.84. The molecule has 0 aromatic heterocycles. The normalized spacial score (nSPS) is 21.8. The molecule has 0 radical (unpaired) electrons. The van der Waals surface area contributed by atoms with E-state index in [1.54, 1.807) is 18.2 Å². The molecule has 3 aromatic carbocycles. The standard InChI is InChI=1S/C23H22N2O3S/c24-13-12-23(15-21(16-25-23)28-17-18-6-2-1-3-7-18)29(26,27)22-11-10-19-8-4-5-9-20(19)14-22/h1-11,14,21,25H,12,15-17H2. The van der Waals surface area contributed by atoms with Gasteiger partial charge in [0.15, 0.2) is 9.84 Å². The Bertz CT molecular complexity index is 1160. The molecule has 1 N–H and O–H groups in total. The molecular weight excluding hydrogens is 384 g/mol. The summed E-state index contributed by atoms with van der Waals surface area (Å²) < 4.78 is 33.0. The molecule has 1 fully saturated rings. The monoisotopic (exact) mass is 406 g/mol. The van der Waals surface area contributed by atoms with E-state index in [0.29, 0.717) is 13.2 Å². The summed E-state index contributed by atoms with van der Waals surface area (Å²) in [5, 5.41) is 14.3. The van der Waals surface area contributed by atoms with Crippen molar-refractivity contribution in [2.24, 2.45) is 0 Å². The molecule has 0 spiro atoms. The van der Waals surface area contributed by atoms with Crippen LogP contribution in [-0.2, 0) is 21.2 Å². The molecule has 29 heavy (non-hydrogen) atoms. The van der Waals surface area contributed by atoms with E-state index in [9.17, 15) is 13.7 Å². The van der Waals surface area contributed by atoms with Crippen molar-refractivity contribution in [3.8, 4) is 6.07 Å². The van der Waals surface area contributed by atoms with Crippen LogP contribution in [0.25, 0.3) is 10.8 Å². The molecule has 3 aromatic rings. The minimum Gasteiger partial charge on any atom is -0.372 e. The lowest BCUT2D eigenvalue weighted by atomic mass is 10.1. The Balaban J connectivity index is 1.59. The largest absolute Gasteiger partial charge is 0.372 e. The highest BCUT2D eigenvalue weighted by Crippen LogP contribution is 2.36. The van der Waals surface area contributed by atoms with E-state index in [-0.39, 0.29) is 23.8 Å². The molecule has 148 valence electrons. The lowest BCUT2D eigenvalue weighted by molar-refractivity contribution is 0.0516. The maximum Gasteiger partial charge on any atom is 0.198 e. The molecule has 2 unspecified atom stereocenters. The molecular formula is C23H22N2O3S. The lowest BCUT2D eigenvalue weighted by Crippen LogP contribution is -2.47. The SMILES string of the molecule is N#CCC1(S(=O)(=O)c2ccc3ccccc3c2)CC(OCc2ccccc2)CN1.